The quantitative estimate of drug-likeness (QED) is 0.550. The van der Waals surface area contributed by atoms with Crippen LogP contribution in [0, 0.1) is 10.1 Å². The molecule has 2 rings (SSSR count). The van der Waals surface area contributed by atoms with Gasteiger partial charge in [0.1, 0.15) is 16.6 Å². The lowest BCUT2D eigenvalue weighted by atomic mass is 10.1. The first-order chi connectivity index (χ1) is 9.79. The van der Waals surface area contributed by atoms with E-state index in [9.17, 15) is 10.1 Å². The predicted octanol–water partition coefficient (Wildman–Crippen LogP) is 5.22. The van der Waals surface area contributed by atoms with Crippen molar-refractivity contribution in [3.8, 4) is 17.0 Å². The van der Waals surface area contributed by atoms with Crippen molar-refractivity contribution < 1.29 is 9.66 Å². The maximum absolute atomic E-state index is 11.3. The Labute approximate surface area is 140 Å². The van der Waals surface area contributed by atoms with Crippen LogP contribution in [-0.2, 0) is 7.05 Å². The van der Waals surface area contributed by atoms with Crippen molar-refractivity contribution in [1.29, 1.82) is 0 Å². The summed E-state index contributed by atoms with van der Waals surface area (Å²) in [6.07, 6.45) is 0. The number of hydrogen-bond donors (Lipinski definition) is 0. The number of nitrogens with zero attached hydrogens (tertiary/aromatic N) is 2. The fraction of sp³-hybridized carbons (Fsp3) is 0.167. The number of aromatic nitrogens is 1. The number of rotatable bonds is 3. The van der Waals surface area contributed by atoms with Crippen LogP contribution in [0.1, 0.15) is 0 Å². The van der Waals surface area contributed by atoms with Crippen LogP contribution in [0.3, 0.4) is 0 Å². The summed E-state index contributed by atoms with van der Waals surface area (Å²) >= 11 is 24.0. The second-order valence-electron chi connectivity index (χ2n) is 4.09. The van der Waals surface area contributed by atoms with Crippen LogP contribution < -0.4 is 4.74 Å². The third-order valence-electron chi connectivity index (χ3n) is 2.89. The molecule has 0 amide bonds. The molecule has 0 unspecified atom stereocenters. The smallest absolute Gasteiger partial charge is 0.315 e. The molecule has 0 fully saturated rings. The molecule has 1 aromatic carbocycles. The zero-order valence-corrected chi connectivity index (χ0v) is 13.8. The molecule has 0 atom stereocenters. The number of nitro groups is 1. The van der Waals surface area contributed by atoms with Crippen molar-refractivity contribution >= 4 is 52.1 Å². The van der Waals surface area contributed by atoms with E-state index in [-0.39, 0.29) is 32.3 Å². The minimum Gasteiger partial charge on any atom is -0.494 e. The van der Waals surface area contributed by atoms with Gasteiger partial charge in [-0.2, -0.15) is 0 Å². The third kappa shape index (κ3) is 2.66. The van der Waals surface area contributed by atoms with Gasteiger partial charge in [-0.25, -0.2) is 0 Å². The maximum Gasteiger partial charge on any atom is 0.315 e. The summed E-state index contributed by atoms with van der Waals surface area (Å²) in [5.41, 5.74) is 0.162. The van der Waals surface area contributed by atoms with Crippen molar-refractivity contribution in [3.63, 3.8) is 0 Å². The van der Waals surface area contributed by atoms with Gasteiger partial charge in [0.05, 0.1) is 22.6 Å². The first kappa shape index (κ1) is 16.2. The van der Waals surface area contributed by atoms with Crippen molar-refractivity contribution in [2.24, 2.45) is 7.05 Å². The highest BCUT2D eigenvalue weighted by Gasteiger charge is 2.31. The summed E-state index contributed by atoms with van der Waals surface area (Å²) in [4.78, 5) is 10.7. The van der Waals surface area contributed by atoms with Crippen LogP contribution in [0.25, 0.3) is 11.3 Å². The highest BCUT2D eigenvalue weighted by Crippen LogP contribution is 2.47. The van der Waals surface area contributed by atoms with Crippen LogP contribution in [0.15, 0.2) is 12.1 Å². The topological polar surface area (TPSA) is 57.3 Å². The number of hydrogen-bond acceptors (Lipinski definition) is 3. The number of benzene rings is 1. The van der Waals surface area contributed by atoms with Gasteiger partial charge in [-0.05, 0) is 12.1 Å². The Kier molecular flexibility index (Phi) is 4.58. The Bertz CT molecular complexity index is 743. The molecule has 9 heteroatoms. The number of halogens is 4. The van der Waals surface area contributed by atoms with Crippen LogP contribution in [0.4, 0.5) is 5.69 Å². The Morgan fingerprint density at radius 3 is 2.38 bits per heavy atom. The van der Waals surface area contributed by atoms with Gasteiger partial charge in [-0.1, -0.05) is 46.4 Å². The standard InChI is InChI=1S/C12H8Cl4N2O3/c1-17-9(10(18(19)20)8(15)12(17)16)6-3-5(13)4-7(14)11(6)21-2/h3-4H,1-2H3. The molecule has 1 heterocycles. The monoisotopic (exact) mass is 368 g/mol. The van der Waals surface area contributed by atoms with Gasteiger partial charge in [0.2, 0.25) is 0 Å². The summed E-state index contributed by atoms with van der Waals surface area (Å²) in [5, 5.41) is 11.7. The molecule has 0 saturated heterocycles. The van der Waals surface area contributed by atoms with Gasteiger partial charge in [-0.15, -0.1) is 0 Å². The molecule has 5 nitrogen and oxygen atoms in total. The van der Waals surface area contributed by atoms with E-state index in [1.807, 2.05) is 0 Å². The lowest BCUT2D eigenvalue weighted by molar-refractivity contribution is -0.383. The van der Waals surface area contributed by atoms with Gasteiger partial charge in [0.15, 0.2) is 5.02 Å². The van der Waals surface area contributed by atoms with E-state index in [0.717, 1.165) is 0 Å². The summed E-state index contributed by atoms with van der Waals surface area (Å²) in [5.74, 6) is 0.248. The number of ether oxygens (including phenoxy) is 1. The van der Waals surface area contributed by atoms with Gasteiger partial charge < -0.3 is 9.30 Å². The Morgan fingerprint density at radius 1 is 1.24 bits per heavy atom. The Morgan fingerprint density at radius 2 is 1.86 bits per heavy atom. The third-order valence-corrected chi connectivity index (χ3v) is 4.29. The maximum atomic E-state index is 11.3. The van der Waals surface area contributed by atoms with E-state index >= 15 is 0 Å². The van der Waals surface area contributed by atoms with E-state index in [4.69, 9.17) is 51.1 Å². The SMILES string of the molecule is COc1c(Cl)cc(Cl)cc1-c1c([N+](=O)[O-])c(Cl)c(Cl)n1C. The molecule has 0 saturated carbocycles. The van der Waals surface area contributed by atoms with Crippen LogP contribution in [0.2, 0.25) is 20.2 Å². The minimum atomic E-state index is -0.613. The summed E-state index contributed by atoms with van der Waals surface area (Å²) in [7, 11) is 2.95. The largest absolute Gasteiger partial charge is 0.494 e. The second-order valence-corrected chi connectivity index (χ2v) is 5.67. The average molecular weight is 370 g/mol. The van der Waals surface area contributed by atoms with Gasteiger partial charge >= 0.3 is 5.69 Å². The molecule has 0 aliphatic heterocycles. The van der Waals surface area contributed by atoms with Gasteiger partial charge in [0, 0.05) is 12.1 Å². The molecule has 112 valence electrons. The fourth-order valence-corrected chi connectivity index (χ4v) is 3.05. The molecule has 21 heavy (non-hydrogen) atoms. The van der Waals surface area contributed by atoms with E-state index in [0.29, 0.717) is 10.6 Å². The predicted molar refractivity (Wildman–Crippen MR) is 84.1 cm³/mol. The van der Waals surface area contributed by atoms with E-state index in [1.54, 1.807) is 7.05 Å². The zero-order chi connectivity index (χ0) is 15.9. The molecular formula is C12H8Cl4N2O3. The first-order valence-electron chi connectivity index (χ1n) is 5.51. The van der Waals surface area contributed by atoms with Crippen LogP contribution >= 0.6 is 46.4 Å². The summed E-state index contributed by atoms with van der Waals surface area (Å²) in [6, 6.07) is 2.98. The summed E-state index contributed by atoms with van der Waals surface area (Å²) in [6.45, 7) is 0. The molecule has 0 spiro atoms. The second kappa shape index (κ2) is 5.93. The van der Waals surface area contributed by atoms with E-state index in [2.05, 4.69) is 0 Å². The van der Waals surface area contributed by atoms with Crippen LogP contribution in [0.5, 0.6) is 5.75 Å². The molecular weight excluding hydrogens is 362 g/mol. The van der Waals surface area contributed by atoms with Crippen molar-refractivity contribution in [2.75, 3.05) is 7.11 Å². The molecule has 2 aromatic rings. The lowest BCUT2D eigenvalue weighted by Crippen LogP contribution is -1.98. The zero-order valence-electron chi connectivity index (χ0n) is 10.8. The first-order valence-corrected chi connectivity index (χ1v) is 7.02. The van der Waals surface area contributed by atoms with Gasteiger partial charge in [0.25, 0.3) is 0 Å². The Balaban J connectivity index is 2.91. The molecule has 1 aromatic heterocycles. The summed E-state index contributed by atoms with van der Waals surface area (Å²) < 4.78 is 6.59. The van der Waals surface area contributed by atoms with E-state index < -0.39 is 4.92 Å². The highest BCUT2D eigenvalue weighted by molar-refractivity contribution is 6.44. The molecule has 0 aliphatic carbocycles. The Hall–Kier alpha value is -1.14. The molecule has 0 aliphatic rings. The van der Waals surface area contributed by atoms with Crippen molar-refractivity contribution in [1.82, 2.24) is 4.57 Å². The van der Waals surface area contributed by atoms with Crippen molar-refractivity contribution in [2.45, 2.75) is 0 Å². The van der Waals surface area contributed by atoms with Crippen LogP contribution in [-0.4, -0.2) is 16.6 Å². The van der Waals surface area contributed by atoms with E-state index in [1.165, 1.54) is 23.8 Å². The fourth-order valence-electron chi connectivity index (χ4n) is 2.02. The average Bonchev–Trinajstić information content (AvgIpc) is 2.62. The highest BCUT2D eigenvalue weighted by atomic mass is 35.5. The number of methoxy groups -OCH3 is 1. The van der Waals surface area contributed by atoms with Gasteiger partial charge in [-0.3, -0.25) is 10.1 Å². The normalized spacial score (nSPS) is 10.8. The minimum absolute atomic E-state index is 0.0384. The molecule has 0 radical (unpaired) electrons. The molecule has 0 N–H and O–H groups in total. The van der Waals surface area contributed by atoms with Crippen molar-refractivity contribution in [3.05, 3.63) is 42.5 Å². The molecule has 0 bridgehead atoms. The lowest BCUT2D eigenvalue weighted by Gasteiger charge is -2.12.